The second-order valence-corrected chi connectivity index (χ2v) is 6.08. The number of ether oxygens (including phenoxy) is 1. The molecular weight excluding hydrogens is 297 g/mol. The van der Waals surface area contributed by atoms with Crippen molar-refractivity contribution in [2.45, 2.75) is 39.8 Å². The van der Waals surface area contributed by atoms with Gasteiger partial charge in [-0.2, -0.15) is 0 Å². The maximum atomic E-state index is 13.2. The molecule has 6 heteroatoms. The first-order valence-electron chi connectivity index (χ1n) is 7.61. The molecule has 1 unspecified atom stereocenters. The third-order valence-electron chi connectivity index (χ3n) is 3.42. The monoisotopic (exact) mass is 319 g/mol. The summed E-state index contributed by atoms with van der Waals surface area (Å²) in [6.45, 7) is 7.48. The highest BCUT2D eigenvalue weighted by Crippen LogP contribution is 2.28. The van der Waals surface area contributed by atoms with E-state index in [9.17, 15) is 9.18 Å². The number of carbonyl (C=O) groups is 1. The van der Waals surface area contributed by atoms with E-state index < -0.39 is 12.0 Å². The molecule has 1 aromatic rings. The highest BCUT2D eigenvalue weighted by Gasteiger charge is 2.33. The molecule has 0 amide bonds. The number of aliphatic imine (C=N–C) groups is 1. The van der Waals surface area contributed by atoms with Crippen molar-refractivity contribution in [1.82, 2.24) is 5.32 Å². The normalized spacial score (nSPS) is 18.0. The Balaban J connectivity index is 2.55. The van der Waals surface area contributed by atoms with Gasteiger partial charge in [0.25, 0.3) is 0 Å². The van der Waals surface area contributed by atoms with Gasteiger partial charge in [0, 0.05) is 0 Å². The molecule has 1 aliphatic heterocycles. The van der Waals surface area contributed by atoms with Crippen LogP contribution in [0.25, 0.3) is 5.70 Å². The van der Waals surface area contributed by atoms with Gasteiger partial charge in [0.15, 0.2) is 5.96 Å². The van der Waals surface area contributed by atoms with Gasteiger partial charge in [-0.3, -0.25) is 0 Å². The molecule has 0 aromatic heterocycles. The number of nitrogens with one attached hydrogen (secondary N) is 1. The van der Waals surface area contributed by atoms with E-state index in [1.807, 2.05) is 13.8 Å². The van der Waals surface area contributed by atoms with E-state index >= 15 is 0 Å². The average Bonchev–Trinajstić information content (AvgIpc) is 2.46. The molecule has 1 atom stereocenters. The maximum Gasteiger partial charge on any atom is 0.338 e. The van der Waals surface area contributed by atoms with Gasteiger partial charge in [-0.25, -0.2) is 14.2 Å². The molecule has 0 aliphatic carbocycles. The first-order valence-corrected chi connectivity index (χ1v) is 7.61. The Morgan fingerprint density at radius 1 is 1.26 bits per heavy atom. The summed E-state index contributed by atoms with van der Waals surface area (Å²) in [6, 6.07) is 5.44. The Kier molecular flexibility index (Phi) is 5.03. The number of rotatable bonds is 4. The lowest BCUT2D eigenvalue weighted by atomic mass is 9.91. The summed E-state index contributed by atoms with van der Waals surface area (Å²) in [4.78, 5) is 16.9. The highest BCUT2D eigenvalue weighted by atomic mass is 19.1. The molecule has 1 aliphatic rings. The average molecular weight is 319 g/mol. The largest absolute Gasteiger partial charge is 0.459 e. The predicted molar refractivity (Wildman–Crippen MR) is 87.9 cm³/mol. The SMILES string of the molecule is CC(C)OC(=O)C1=C(c2ccc(F)cc2)NC(N)=NC1C(C)C. The summed E-state index contributed by atoms with van der Waals surface area (Å²) in [7, 11) is 0. The van der Waals surface area contributed by atoms with Crippen molar-refractivity contribution in [3.63, 3.8) is 0 Å². The number of carbonyl (C=O) groups excluding carboxylic acids is 1. The third-order valence-corrected chi connectivity index (χ3v) is 3.42. The summed E-state index contributed by atoms with van der Waals surface area (Å²) in [5, 5.41) is 2.93. The number of nitrogens with two attached hydrogens (primary N) is 1. The van der Waals surface area contributed by atoms with Crippen molar-refractivity contribution in [2.24, 2.45) is 16.6 Å². The third kappa shape index (κ3) is 3.88. The van der Waals surface area contributed by atoms with Crippen molar-refractivity contribution in [3.05, 3.63) is 41.2 Å². The first-order chi connectivity index (χ1) is 10.8. The van der Waals surface area contributed by atoms with E-state index in [1.165, 1.54) is 12.1 Å². The molecule has 0 bridgehead atoms. The van der Waals surface area contributed by atoms with Crippen molar-refractivity contribution >= 4 is 17.6 Å². The lowest BCUT2D eigenvalue weighted by molar-refractivity contribution is -0.143. The van der Waals surface area contributed by atoms with E-state index in [2.05, 4.69) is 10.3 Å². The standard InChI is InChI=1S/C17H22FN3O2/c1-9(2)14-13(16(22)23-10(3)4)15(21-17(19)20-14)11-5-7-12(18)8-6-11/h5-10,14H,1-4H3,(H3,19,20,21). The van der Waals surface area contributed by atoms with Crippen LogP contribution < -0.4 is 11.1 Å². The topological polar surface area (TPSA) is 76.7 Å². The van der Waals surface area contributed by atoms with E-state index in [1.54, 1.807) is 26.0 Å². The second kappa shape index (κ2) is 6.81. The fourth-order valence-electron chi connectivity index (χ4n) is 2.42. The number of esters is 1. The molecule has 124 valence electrons. The van der Waals surface area contributed by atoms with Gasteiger partial charge in [-0.05, 0) is 49.6 Å². The molecule has 0 radical (unpaired) electrons. The molecule has 3 N–H and O–H groups in total. The van der Waals surface area contributed by atoms with Gasteiger partial charge >= 0.3 is 5.97 Å². The van der Waals surface area contributed by atoms with Gasteiger partial charge < -0.3 is 15.8 Å². The van der Waals surface area contributed by atoms with Crippen LogP contribution in [-0.2, 0) is 9.53 Å². The van der Waals surface area contributed by atoms with Gasteiger partial charge in [0.1, 0.15) is 5.82 Å². The van der Waals surface area contributed by atoms with E-state index in [0.29, 0.717) is 16.8 Å². The van der Waals surface area contributed by atoms with Crippen LogP contribution >= 0.6 is 0 Å². The number of hydrogen-bond acceptors (Lipinski definition) is 5. The highest BCUT2D eigenvalue weighted by molar-refractivity contribution is 6.04. The van der Waals surface area contributed by atoms with Crippen LogP contribution in [0, 0.1) is 11.7 Å². The number of nitrogens with zero attached hydrogens (tertiary/aromatic N) is 1. The molecule has 1 heterocycles. The number of guanidine groups is 1. The van der Waals surface area contributed by atoms with Gasteiger partial charge in [-0.1, -0.05) is 13.8 Å². The van der Waals surface area contributed by atoms with Crippen molar-refractivity contribution in [3.8, 4) is 0 Å². The maximum absolute atomic E-state index is 13.2. The van der Waals surface area contributed by atoms with E-state index in [-0.39, 0.29) is 23.8 Å². The van der Waals surface area contributed by atoms with Crippen LogP contribution in [0.15, 0.2) is 34.8 Å². The van der Waals surface area contributed by atoms with Crippen LogP contribution in [0.1, 0.15) is 33.3 Å². The zero-order chi connectivity index (χ0) is 17.1. The van der Waals surface area contributed by atoms with Crippen LogP contribution in [0.2, 0.25) is 0 Å². The van der Waals surface area contributed by atoms with Crippen molar-refractivity contribution in [1.29, 1.82) is 0 Å². The quantitative estimate of drug-likeness (QED) is 0.836. The first kappa shape index (κ1) is 17.0. The summed E-state index contributed by atoms with van der Waals surface area (Å²) < 4.78 is 18.5. The molecule has 0 saturated heterocycles. The molecule has 2 rings (SSSR count). The molecule has 5 nitrogen and oxygen atoms in total. The van der Waals surface area contributed by atoms with Crippen LogP contribution in [0.5, 0.6) is 0 Å². The lowest BCUT2D eigenvalue weighted by Gasteiger charge is -2.28. The number of hydrogen-bond donors (Lipinski definition) is 2. The summed E-state index contributed by atoms with van der Waals surface area (Å²) in [5.41, 5.74) is 7.45. The van der Waals surface area contributed by atoms with Crippen LogP contribution in [-0.4, -0.2) is 24.1 Å². The summed E-state index contributed by atoms with van der Waals surface area (Å²) in [5.74, 6) is -0.509. The zero-order valence-corrected chi connectivity index (χ0v) is 13.8. The Morgan fingerprint density at radius 3 is 2.39 bits per heavy atom. The number of benzene rings is 1. The van der Waals surface area contributed by atoms with Crippen LogP contribution in [0.3, 0.4) is 0 Å². The minimum absolute atomic E-state index is 0.0563. The Morgan fingerprint density at radius 2 is 1.87 bits per heavy atom. The number of halogens is 1. The molecule has 0 saturated carbocycles. The van der Waals surface area contributed by atoms with Crippen molar-refractivity contribution < 1.29 is 13.9 Å². The van der Waals surface area contributed by atoms with Gasteiger partial charge in [0.2, 0.25) is 0 Å². The molecule has 0 fully saturated rings. The molecular formula is C17H22FN3O2. The van der Waals surface area contributed by atoms with E-state index in [4.69, 9.17) is 10.5 Å². The molecule has 1 aromatic carbocycles. The second-order valence-electron chi connectivity index (χ2n) is 6.08. The summed E-state index contributed by atoms with van der Waals surface area (Å²) >= 11 is 0. The fraction of sp³-hybridized carbons (Fsp3) is 0.412. The van der Waals surface area contributed by atoms with E-state index in [0.717, 1.165) is 0 Å². The smallest absolute Gasteiger partial charge is 0.338 e. The predicted octanol–water partition coefficient (Wildman–Crippen LogP) is 2.43. The molecule has 23 heavy (non-hydrogen) atoms. The lowest BCUT2D eigenvalue weighted by Crippen LogP contribution is -2.41. The van der Waals surface area contributed by atoms with Gasteiger partial charge in [-0.15, -0.1) is 0 Å². The summed E-state index contributed by atoms with van der Waals surface area (Å²) in [6.07, 6.45) is -0.250. The Bertz CT molecular complexity index is 648. The van der Waals surface area contributed by atoms with Crippen molar-refractivity contribution in [2.75, 3.05) is 0 Å². The van der Waals surface area contributed by atoms with Crippen LogP contribution in [0.4, 0.5) is 4.39 Å². The molecule has 0 spiro atoms. The Labute approximate surface area is 135 Å². The minimum Gasteiger partial charge on any atom is -0.459 e. The zero-order valence-electron chi connectivity index (χ0n) is 13.8. The minimum atomic E-state index is -0.443. The van der Waals surface area contributed by atoms with Gasteiger partial charge in [0.05, 0.1) is 23.4 Å². The Hall–Kier alpha value is -2.37. The fourth-order valence-corrected chi connectivity index (χ4v) is 2.42.